The van der Waals surface area contributed by atoms with E-state index in [0.717, 1.165) is 29.4 Å². The molecule has 1 heterocycles. The lowest BCUT2D eigenvalue weighted by Gasteiger charge is -2.24. The zero-order valence-electron chi connectivity index (χ0n) is 11.6. The first kappa shape index (κ1) is 13.5. The number of amidine groups is 1. The van der Waals surface area contributed by atoms with Crippen LogP contribution in [0.25, 0.3) is 10.8 Å². The minimum Gasteiger partial charge on any atom is -0.508 e. The largest absolute Gasteiger partial charge is 0.508 e. The van der Waals surface area contributed by atoms with E-state index >= 15 is 0 Å². The number of nitrogens with zero attached hydrogens (tertiary/aromatic N) is 3. The molecule has 1 aliphatic carbocycles. The molecule has 1 aromatic carbocycles. The van der Waals surface area contributed by atoms with Gasteiger partial charge in [0.2, 0.25) is 0 Å². The second-order valence-corrected chi connectivity index (χ2v) is 5.31. The SMILES string of the molecule is N/C(CCN(c1nccc2ccc(O)cc12)C1CC1)=N/O. The fraction of sp³-hybridized carbons (Fsp3) is 0.333. The Morgan fingerprint density at radius 1 is 1.38 bits per heavy atom. The molecule has 6 heteroatoms. The molecule has 1 fully saturated rings. The van der Waals surface area contributed by atoms with E-state index in [1.54, 1.807) is 18.3 Å². The van der Waals surface area contributed by atoms with Crippen LogP contribution in [0.15, 0.2) is 35.6 Å². The Labute approximate surface area is 122 Å². The van der Waals surface area contributed by atoms with E-state index in [9.17, 15) is 5.11 Å². The molecule has 0 amide bonds. The molecule has 1 saturated carbocycles. The third-order valence-corrected chi connectivity index (χ3v) is 3.73. The molecule has 1 aromatic heterocycles. The molecule has 6 nitrogen and oxygen atoms in total. The van der Waals surface area contributed by atoms with Gasteiger partial charge in [-0.15, -0.1) is 0 Å². The smallest absolute Gasteiger partial charge is 0.140 e. The molecular weight excluding hydrogens is 268 g/mol. The molecule has 0 radical (unpaired) electrons. The summed E-state index contributed by atoms with van der Waals surface area (Å²) in [5.41, 5.74) is 5.57. The van der Waals surface area contributed by atoms with E-state index in [1.165, 1.54) is 0 Å². The third-order valence-electron chi connectivity index (χ3n) is 3.73. The minimum absolute atomic E-state index is 0.212. The van der Waals surface area contributed by atoms with Gasteiger partial charge in [0.1, 0.15) is 17.4 Å². The first-order valence-corrected chi connectivity index (χ1v) is 7.00. The number of pyridine rings is 1. The predicted molar refractivity (Wildman–Crippen MR) is 81.8 cm³/mol. The monoisotopic (exact) mass is 286 g/mol. The van der Waals surface area contributed by atoms with Gasteiger partial charge in [-0.3, -0.25) is 0 Å². The van der Waals surface area contributed by atoms with Gasteiger partial charge in [-0.2, -0.15) is 0 Å². The van der Waals surface area contributed by atoms with Crippen LogP contribution in [-0.4, -0.2) is 33.7 Å². The highest BCUT2D eigenvalue weighted by molar-refractivity contribution is 5.93. The van der Waals surface area contributed by atoms with Crippen molar-refractivity contribution in [2.45, 2.75) is 25.3 Å². The Hall–Kier alpha value is -2.50. The fourth-order valence-corrected chi connectivity index (χ4v) is 2.50. The van der Waals surface area contributed by atoms with Crippen molar-refractivity contribution in [1.29, 1.82) is 0 Å². The number of fused-ring (bicyclic) bond motifs is 1. The average Bonchev–Trinajstić information content (AvgIpc) is 3.32. The summed E-state index contributed by atoms with van der Waals surface area (Å²) in [5.74, 6) is 1.28. The Balaban J connectivity index is 1.97. The van der Waals surface area contributed by atoms with E-state index < -0.39 is 0 Å². The molecule has 4 N–H and O–H groups in total. The summed E-state index contributed by atoms with van der Waals surface area (Å²) in [6, 6.07) is 7.65. The zero-order chi connectivity index (χ0) is 14.8. The van der Waals surface area contributed by atoms with Crippen molar-refractivity contribution < 1.29 is 10.3 Å². The summed E-state index contributed by atoms with van der Waals surface area (Å²) in [5, 5.41) is 23.4. The van der Waals surface area contributed by atoms with Gasteiger partial charge in [0.15, 0.2) is 0 Å². The van der Waals surface area contributed by atoms with Gasteiger partial charge in [-0.25, -0.2) is 4.98 Å². The highest BCUT2D eigenvalue weighted by Gasteiger charge is 2.30. The van der Waals surface area contributed by atoms with Gasteiger partial charge in [-0.1, -0.05) is 11.2 Å². The van der Waals surface area contributed by atoms with Gasteiger partial charge >= 0.3 is 0 Å². The van der Waals surface area contributed by atoms with Crippen molar-refractivity contribution in [3.8, 4) is 5.75 Å². The number of hydrogen-bond donors (Lipinski definition) is 3. The van der Waals surface area contributed by atoms with Crippen molar-refractivity contribution in [2.24, 2.45) is 10.9 Å². The third kappa shape index (κ3) is 2.84. The summed E-state index contributed by atoms with van der Waals surface area (Å²) >= 11 is 0. The molecule has 2 aromatic rings. The van der Waals surface area contributed by atoms with Crippen LogP contribution in [0.5, 0.6) is 5.75 Å². The summed E-state index contributed by atoms with van der Waals surface area (Å²) in [6.07, 6.45) is 4.48. The Morgan fingerprint density at radius 2 is 2.19 bits per heavy atom. The number of rotatable bonds is 5. The first-order chi connectivity index (χ1) is 10.2. The quantitative estimate of drug-likeness (QED) is 0.338. The van der Waals surface area contributed by atoms with Crippen LogP contribution >= 0.6 is 0 Å². The van der Waals surface area contributed by atoms with Crippen molar-refractivity contribution in [2.75, 3.05) is 11.4 Å². The fourth-order valence-electron chi connectivity index (χ4n) is 2.50. The molecule has 0 unspecified atom stereocenters. The summed E-state index contributed by atoms with van der Waals surface area (Å²) in [4.78, 5) is 6.67. The number of hydrogen-bond acceptors (Lipinski definition) is 5. The van der Waals surface area contributed by atoms with Gasteiger partial charge < -0.3 is 20.9 Å². The van der Waals surface area contributed by atoms with Crippen LogP contribution in [-0.2, 0) is 0 Å². The maximum atomic E-state index is 9.73. The number of oxime groups is 1. The van der Waals surface area contributed by atoms with Crippen molar-refractivity contribution >= 4 is 22.4 Å². The zero-order valence-corrected chi connectivity index (χ0v) is 11.6. The second-order valence-electron chi connectivity index (χ2n) is 5.31. The molecule has 1 aliphatic rings. The molecule has 0 spiro atoms. The molecule has 110 valence electrons. The summed E-state index contributed by atoms with van der Waals surface area (Å²) < 4.78 is 0. The molecule has 0 saturated heterocycles. The molecule has 0 atom stereocenters. The van der Waals surface area contributed by atoms with Crippen LogP contribution < -0.4 is 10.6 Å². The van der Waals surface area contributed by atoms with Crippen LogP contribution in [0.3, 0.4) is 0 Å². The maximum Gasteiger partial charge on any atom is 0.140 e. The molecule has 3 rings (SSSR count). The number of benzene rings is 1. The Bertz CT molecular complexity index is 682. The predicted octanol–water partition coefficient (Wildman–Crippen LogP) is 2.05. The maximum absolute atomic E-state index is 9.73. The number of phenolic OH excluding ortho intramolecular Hbond substituents is 1. The number of aromatic nitrogens is 1. The molecule has 0 bridgehead atoms. The van der Waals surface area contributed by atoms with Gasteiger partial charge in [-0.05, 0) is 36.4 Å². The van der Waals surface area contributed by atoms with Gasteiger partial charge in [0.05, 0.1) is 0 Å². The van der Waals surface area contributed by atoms with E-state index in [-0.39, 0.29) is 11.6 Å². The Kier molecular flexibility index (Phi) is 3.51. The number of anilines is 1. The van der Waals surface area contributed by atoms with E-state index in [1.807, 2.05) is 12.1 Å². The van der Waals surface area contributed by atoms with Crippen molar-refractivity contribution in [3.63, 3.8) is 0 Å². The van der Waals surface area contributed by atoms with Crippen molar-refractivity contribution in [3.05, 3.63) is 30.5 Å². The van der Waals surface area contributed by atoms with Gasteiger partial charge in [0.25, 0.3) is 0 Å². The van der Waals surface area contributed by atoms with Crippen LogP contribution in [0.1, 0.15) is 19.3 Å². The average molecular weight is 286 g/mol. The van der Waals surface area contributed by atoms with Crippen molar-refractivity contribution in [1.82, 2.24) is 4.98 Å². The number of aromatic hydroxyl groups is 1. The van der Waals surface area contributed by atoms with Gasteiger partial charge in [0, 0.05) is 30.6 Å². The molecule has 21 heavy (non-hydrogen) atoms. The normalized spacial score (nSPS) is 15.3. The highest BCUT2D eigenvalue weighted by atomic mass is 16.4. The Morgan fingerprint density at radius 3 is 2.90 bits per heavy atom. The number of phenols is 1. The lowest BCUT2D eigenvalue weighted by Crippen LogP contribution is -2.31. The molecular formula is C15H18N4O2. The van der Waals surface area contributed by atoms with E-state index in [2.05, 4.69) is 15.0 Å². The van der Waals surface area contributed by atoms with E-state index in [0.29, 0.717) is 19.0 Å². The lowest BCUT2D eigenvalue weighted by molar-refractivity contribution is 0.317. The standard InChI is InChI=1S/C15H18N4O2/c16-14(18-21)6-8-19(11-2-3-11)15-13-9-12(20)4-1-10(13)5-7-17-15/h1,4-5,7,9,11,20-21H,2-3,6,8H2,(H2,16,18). The highest BCUT2D eigenvalue weighted by Crippen LogP contribution is 2.35. The van der Waals surface area contributed by atoms with Crippen LogP contribution in [0, 0.1) is 0 Å². The topological polar surface area (TPSA) is 95.0 Å². The number of nitrogens with two attached hydrogens (primary N) is 1. The summed E-state index contributed by atoms with van der Waals surface area (Å²) in [6.45, 7) is 0.641. The first-order valence-electron chi connectivity index (χ1n) is 7.00. The molecule has 0 aliphatic heterocycles. The minimum atomic E-state index is 0.212. The second kappa shape index (κ2) is 5.47. The van der Waals surface area contributed by atoms with E-state index in [4.69, 9.17) is 10.9 Å². The van der Waals surface area contributed by atoms with Crippen LogP contribution in [0.4, 0.5) is 5.82 Å². The van der Waals surface area contributed by atoms with Crippen LogP contribution in [0.2, 0.25) is 0 Å². The lowest BCUT2D eigenvalue weighted by atomic mass is 10.1. The summed E-state index contributed by atoms with van der Waals surface area (Å²) in [7, 11) is 0.